The van der Waals surface area contributed by atoms with E-state index < -0.39 is 12.1 Å². The Balaban J connectivity index is 1.80. The third-order valence-electron chi connectivity index (χ3n) is 5.79. The Bertz CT molecular complexity index is 1170. The number of carbonyl (C=O) groups is 3. The Morgan fingerprint density at radius 1 is 1.03 bits per heavy atom. The third-order valence-corrected chi connectivity index (χ3v) is 5.79. The van der Waals surface area contributed by atoms with Crippen LogP contribution in [0.5, 0.6) is 0 Å². The number of amides is 3. The second-order valence-corrected chi connectivity index (χ2v) is 8.71. The highest BCUT2D eigenvalue weighted by Gasteiger charge is 2.33. The number of benzene rings is 2. The Morgan fingerprint density at radius 2 is 1.71 bits per heavy atom. The van der Waals surface area contributed by atoms with E-state index in [1.165, 1.54) is 11.8 Å². The molecule has 0 aliphatic carbocycles. The highest BCUT2D eigenvalue weighted by molar-refractivity contribution is 5.93. The maximum Gasteiger partial charge on any atom is 0.247 e. The lowest BCUT2D eigenvalue weighted by atomic mass is 9.99. The Morgan fingerprint density at radius 3 is 2.38 bits per heavy atom. The molecule has 0 saturated carbocycles. The predicted molar refractivity (Wildman–Crippen MR) is 135 cm³/mol. The van der Waals surface area contributed by atoms with Gasteiger partial charge < -0.3 is 20.5 Å². The molecule has 3 N–H and O–H groups in total. The van der Waals surface area contributed by atoms with Gasteiger partial charge in [-0.25, -0.2) is 0 Å². The van der Waals surface area contributed by atoms with Crippen molar-refractivity contribution in [3.8, 4) is 0 Å². The van der Waals surface area contributed by atoms with E-state index in [0.717, 1.165) is 22.0 Å². The predicted octanol–water partition coefficient (Wildman–Crippen LogP) is 3.49. The zero-order valence-electron chi connectivity index (χ0n) is 20.0. The molecule has 0 unspecified atom stereocenters. The number of fused-ring (bicyclic) bond motifs is 1. The molecule has 7 heteroatoms. The van der Waals surface area contributed by atoms with Crippen molar-refractivity contribution in [3.05, 3.63) is 78.1 Å². The van der Waals surface area contributed by atoms with Crippen LogP contribution in [0.15, 0.2) is 67.0 Å². The standard InChI is InChI=1S/C27H32N4O3/c1-18(2)25(30-19(3)32)27(34)31(4)24(16-20-10-6-5-7-11-20)26(33)28-15-14-21-17-29-23-13-9-8-12-22(21)23/h5-15,17-18,24-25,29H,16H2,1-4H3,(H,28,33)(H,30,32)/t24-,25-/m0/s1. The number of rotatable bonds is 9. The molecule has 0 aliphatic heterocycles. The molecule has 0 saturated heterocycles. The summed E-state index contributed by atoms with van der Waals surface area (Å²) in [6, 6.07) is 16.0. The molecule has 0 bridgehead atoms. The topological polar surface area (TPSA) is 94.3 Å². The summed E-state index contributed by atoms with van der Waals surface area (Å²) in [6.45, 7) is 5.11. The van der Waals surface area contributed by atoms with E-state index in [0.29, 0.717) is 6.42 Å². The van der Waals surface area contributed by atoms with Gasteiger partial charge in [0, 0.05) is 49.3 Å². The number of hydrogen-bond donors (Lipinski definition) is 3. The summed E-state index contributed by atoms with van der Waals surface area (Å²) >= 11 is 0. The first-order valence-electron chi connectivity index (χ1n) is 11.4. The molecule has 2 aromatic carbocycles. The largest absolute Gasteiger partial charge is 0.361 e. The number of para-hydroxylation sites is 1. The van der Waals surface area contributed by atoms with Crippen molar-refractivity contribution in [1.82, 2.24) is 20.5 Å². The molecule has 3 rings (SSSR count). The fourth-order valence-corrected chi connectivity index (χ4v) is 3.89. The van der Waals surface area contributed by atoms with Crippen molar-refractivity contribution in [2.75, 3.05) is 7.05 Å². The molecule has 34 heavy (non-hydrogen) atoms. The van der Waals surface area contributed by atoms with E-state index >= 15 is 0 Å². The molecule has 178 valence electrons. The van der Waals surface area contributed by atoms with Crippen LogP contribution in [0.1, 0.15) is 31.9 Å². The van der Waals surface area contributed by atoms with Gasteiger partial charge in [0.2, 0.25) is 17.7 Å². The van der Waals surface area contributed by atoms with Crippen LogP contribution in [0.4, 0.5) is 0 Å². The lowest BCUT2D eigenvalue weighted by Gasteiger charge is -2.32. The molecule has 0 aliphatic rings. The lowest BCUT2D eigenvalue weighted by molar-refractivity contribution is -0.142. The third kappa shape index (κ3) is 6.13. The molecule has 2 atom stereocenters. The summed E-state index contributed by atoms with van der Waals surface area (Å²) in [5.74, 6) is -1.02. The Hall–Kier alpha value is -3.87. The molecule has 0 spiro atoms. The van der Waals surface area contributed by atoms with Gasteiger partial charge in [0.05, 0.1) is 0 Å². The maximum atomic E-state index is 13.3. The Kier molecular flexibility index (Phi) is 8.24. The number of carbonyl (C=O) groups excluding carboxylic acids is 3. The van der Waals surface area contributed by atoms with Crippen LogP contribution in [-0.2, 0) is 20.8 Å². The van der Waals surface area contributed by atoms with Gasteiger partial charge >= 0.3 is 0 Å². The molecule has 1 heterocycles. The van der Waals surface area contributed by atoms with Gasteiger partial charge in [-0.05, 0) is 23.6 Å². The van der Waals surface area contributed by atoms with Crippen molar-refractivity contribution in [3.63, 3.8) is 0 Å². The first-order valence-corrected chi connectivity index (χ1v) is 11.4. The van der Waals surface area contributed by atoms with Crippen LogP contribution in [0.3, 0.4) is 0 Å². The number of H-pyrrole nitrogens is 1. The fraction of sp³-hybridized carbons (Fsp3) is 0.296. The highest BCUT2D eigenvalue weighted by Crippen LogP contribution is 2.19. The molecule has 1 aromatic heterocycles. The summed E-state index contributed by atoms with van der Waals surface area (Å²) in [5, 5.41) is 6.61. The second kappa shape index (κ2) is 11.3. The molecular weight excluding hydrogens is 428 g/mol. The van der Waals surface area contributed by atoms with Crippen LogP contribution in [0.2, 0.25) is 0 Å². The number of likely N-dealkylation sites (N-methyl/N-ethyl adjacent to an activating group) is 1. The Labute approximate surface area is 200 Å². The monoisotopic (exact) mass is 460 g/mol. The van der Waals surface area contributed by atoms with Gasteiger partial charge in [0.15, 0.2) is 0 Å². The van der Waals surface area contributed by atoms with Crippen molar-refractivity contribution in [1.29, 1.82) is 0 Å². The first kappa shape index (κ1) is 24.8. The summed E-state index contributed by atoms with van der Waals surface area (Å²) in [7, 11) is 1.61. The molecule has 7 nitrogen and oxygen atoms in total. The quantitative estimate of drug-likeness (QED) is 0.456. The number of aromatic amines is 1. The number of hydrogen-bond acceptors (Lipinski definition) is 3. The maximum absolute atomic E-state index is 13.3. The van der Waals surface area contributed by atoms with Crippen LogP contribution < -0.4 is 10.6 Å². The summed E-state index contributed by atoms with van der Waals surface area (Å²) in [6.07, 6.45) is 5.65. The van der Waals surface area contributed by atoms with Crippen molar-refractivity contribution in [2.45, 2.75) is 39.3 Å². The van der Waals surface area contributed by atoms with Gasteiger partial charge in [-0.15, -0.1) is 0 Å². The van der Waals surface area contributed by atoms with Gasteiger partial charge in [-0.3, -0.25) is 14.4 Å². The van der Waals surface area contributed by atoms with Crippen LogP contribution in [0, 0.1) is 5.92 Å². The summed E-state index contributed by atoms with van der Waals surface area (Å²) in [4.78, 5) is 42.8. The average Bonchev–Trinajstić information content (AvgIpc) is 3.23. The normalized spacial score (nSPS) is 13.1. The van der Waals surface area contributed by atoms with E-state index in [4.69, 9.17) is 0 Å². The molecule has 3 aromatic rings. The van der Waals surface area contributed by atoms with Crippen LogP contribution in [0.25, 0.3) is 17.0 Å². The average molecular weight is 461 g/mol. The molecule has 3 amide bonds. The highest BCUT2D eigenvalue weighted by atomic mass is 16.2. The smallest absolute Gasteiger partial charge is 0.247 e. The minimum absolute atomic E-state index is 0.124. The lowest BCUT2D eigenvalue weighted by Crippen LogP contribution is -2.55. The van der Waals surface area contributed by atoms with Crippen LogP contribution >= 0.6 is 0 Å². The molecular formula is C27H32N4O3. The number of nitrogens with one attached hydrogen (secondary N) is 3. The second-order valence-electron chi connectivity index (χ2n) is 8.71. The molecule has 0 fully saturated rings. The van der Waals surface area contributed by atoms with Crippen molar-refractivity contribution < 1.29 is 14.4 Å². The van der Waals surface area contributed by atoms with E-state index in [1.54, 1.807) is 13.2 Å². The zero-order valence-corrected chi connectivity index (χ0v) is 20.0. The van der Waals surface area contributed by atoms with Gasteiger partial charge in [-0.1, -0.05) is 62.4 Å². The SMILES string of the molecule is CC(=O)N[C@H](C(=O)N(C)[C@@H](Cc1ccccc1)C(=O)NC=Cc1c[nH]c2ccccc12)C(C)C. The number of nitrogens with zero attached hydrogens (tertiary/aromatic N) is 1. The zero-order chi connectivity index (χ0) is 24.7. The summed E-state index contributed by atoms with van der Waals surface area (Å²) in [5.41, 5.74) is 2.90. The summed E-state index contributed by atoms with van der Waals surface area (Å²) < 4.78 is 0. The first-order chi connectivity index (χ1) is 16.3. The van der Waals surface area contributed by atoms with E-state index in [2.05, 4.69) is 15.6 Å². The minimum Gasteiger partial charge on any atom is -0.361 e. The van der Waals surface area contributed by atoms with E-state index in [-0.39, 0.29) is 23.6 Å². The fourth-order valence-electron chi connectivity index (χ4n) is 3.89. The van der Waals surface area contributed by atoms with E-state index in [1.807, 2.05) is 80.7 Å². The van der Waals surface area contributed by atoms with Gasteiger partial charge in [0.25, 0.3) is 0 Å². The van der Waals surface area contributed by atoms with Crippen LogP contribution in [-0.4, -0.2) is 46.7 Å². The van der Waals surface area contributed by atoms with Gasteiger partial charge in [0.1, 0.15) is 12.1 Å². The number of aromatic nitrogens is 1. The van der Waals surface area contributed by atoms with Crippen molar-refractivity contribution >= 4 is 34.7 Å². The molecule has 0 radical (unpaired) electrons. The minimum atomic E-state index is -0.752. The van der Waals surface area contributed by atoms with Crippen molar-refractivity contribution in [2.24, 2.45) is 5.92 Å². The van der Waals surface area contributed by atoms with Gasteiger partial charge in [-0.2, -0.15) is 0 Å². The van der Waals surface area contributed by atoms with E-state index in [9.17, 15) is 14.4 Å².